The van der Waals surface area contributed by atoms with E-state index in [4.69, 9.17) is 0 Å². The van der Waals surface area contributed by atoms with Crippen molar-refractivity contribution in [2.75, 3.05) is 25.0 Å². The van der Waals surface area contributed by atoms with Gasteiger partial charge in [-0.25, -0.2) is 4.39 Å². The Labute approximate surface area is 158 Å². The summed E-state index contributed by atoms with van der Waals surface area (Å²) in [4.78, 5) is 17.9. The number of likely N-dealkylation sites (tertiary alicyclic amines) is 1. The van der Waals surface area contributed by atoms with Crippen LogP contribution < -0.4 is 5.32 Å². The van der Waals surface area contributed by atoms with E-state index in [0.717, 1.165) is 25.9 Å². The van der Waals surface area contributed by atoms with E-state index in [1.165, 1.54) is 28.2 Å². The topological polar surface area (TPSA) is 48.1 Å². The number of nitrogens with one attached hydrogen (secondary N) is 2. The summed E-state index contributed by atoms with van der Waals surface area (Å²) in [5.41, 5.74) is 4.09. The maximum Gasteiger partial charge on any atom is 0.238 e. The van der Waals surface area contributed by atoms with Gasteiger partial charge >= 0.3 is 0 Å². The standard InChI is InChI=1S/C22H24FN3O/c1-15-22(17-6-2-4-8-19(17)24-15)16-10-12-26(13-11-16)14-21(27)25-20-9-5-3-7-18(20)23/h2-9,16,24H,10-14H2,1H3,(H,25,27). The highest BCUT2D eigenvalue weighted by Gasteiger charge is 2.25. The van der Waals surface area contributed by atoms with E-state index >= 15 is 0 Å². The zero-order chi connectivity index (χ0) is 18.8. The number of amides is 1. The molecule has 1 aliphatic heterocycles. The minimum Gasteiger partial charge on any atom is -0.358 e. The molecule has 1 aliphatic rings. The van der Waals surface area contributed by atoms with Gasteiger partial charge < -0.3 is 10.3 Å². The Morgan fingerprint density at radius 1 is 1.15 bits per heavy atom. The Balaban J connectivity index is 1.37. The van der Waals surface area contributed by atoms with Crippen molar-refractivity contribution < 1.29 is 9.18 Å². The predicted octanol–water partition coefficient (Wildman–Crippen LogP) is 4.43. The van der Waals surface area contributed by atoms with Crippen molar-refractivity contribution in [2.45, 2.75) is 25.7 Å². The second kappa shape index (κ2) is 7.53. The second-order valence-corrected chi connectivity index (χ2v) is 7.29. The van der Waals surface area contributed by atoms with E-state index in [0.29, 0.717) is 12.5 Å². The number of aromatic amines is 1. The molecule has 1 saturated heterocycles. The van der Waals surface area contributed by atoms with Crippen molar-refractivity contribution in [1.82, 2.24) is 9.88 Å². The summed E-state index contributed by atoms with van der Waals surface area (Å²) in [6.07, 6.45) is 2.05. The third-order valence-electron chi connectivity index (χ3n) is 5.45. The number of carbonyl (C=O) groups is 1. The van der Waals surface area contributed by atoms with Gasteiger partial charge in [-0.3, -0.25) is 9.69 Å². The molecule has 1 aromatic heterocycles. The first-order valence-corrected chi connectivity index (χ1v) is 9.46. The number of halogens is 1. The van der Waals surface area contributed by atoms with Crippen LogP contribution in [0, 0.1) is 12.7 Å². The van der Waals surface area contributed by atoms with Crippen molar-refractivity contribution in [3.63, 3.8) is 0 Å². The van der Waals surface area contributed by atoms with Crippen LogP contribution in [0.3, 0.4) is 0 Å². The lowest BCUT2D eigenvalue weighted by atomic mass is 9.87. The zero-order valence-corrected chi connectivity index (χ0v) is 15.5. The second-order valence-electron chi connectivity index (χ2n) is 7.29. The number of fused-ring (bicyclic) bond motifs is 1. The van der Waals surface area contributed by atoms with Gasteiger partial charge in [0.1, 0.15) is 5.82 Å². The number of anilines is 1. The molecule has 0 spiro atoms. The van der Waals surface area contributed by atoms with Crippen LogP contribution in [0.4, 0.5) is 10.1 Å². The minimum atomic E-state index is -0.403. The average molecular weight is 365 g/mol. The fraction of sp³-hybridized carbons (Fsp3) is 0.318. The lowest BCUT2D eigenvalue weighted by molar-refractivity contribution is -0.117. The summed E-state index contributed by atoms with van der Waals surface area (Å²) in [5.74, 6) is -0.0618. The Morgan fingerprint density at radius 2 is 1.85 bits per heavy atom. The van der Waals surface area contributed by atoms with Crippen LogP contribution in [0.25, 0.3) is 10.9 Å². The lowest BCUT2D eigenvalue weighted by Gasteiger charge is -2.31. The third-order valence-corrected chi connectivity index (χ3v) is 5.45. The fourth-order valence-corrected chi connectivity index (χ4v) is 4.16. The molecule has 2 aromatic carbocycles. The number of H-pyrrole nitrogens is 1. The monoisotopic (exact) mass is 365 g/mol. The summed E-state index contributed by atoms with van der Waals surface area (Å²) in [7, 11) is 0. The molecular weight excluding hydrogens is 341 g/mol. The van der Waals surface area contributed by atoms with Gasteiger partial charge in [0.2, 0.25) is 5.91 Å². The van der Waals surface area contributed by atoms with Crippen LogP contribution in [0.5, 0.6) is 0 Å². The highest BCUT2D eigenvalue weighted by Crippen LogP contribution is 2.35. The molecule has 27 heavy (non-hydrogen) atoms. The molecule has 1 amide bonds. The average Bonchev–Trinajstić information content (AvgIpc) is 3.00. The molecule has 0 aliphatic carbocycles. The molecule has 0 saturated carbocycles. The van der Waals surface area contributed by atoms with Gasteiger partial charge in [0.15, 0.2) is 0 Å². The van der Waals surface area contributed by atoms with Gasteiger partial charge in [-0.15, -0.1) is 0 Å². The number of aryl methyl sites for hydroxylation is 1. The number of nitrogens with zero attached hydrogens (tertiary/aromatic N) is 1. The van der Waals surface area contributed by atoms with E-state index in [9.17, 15) is 9.18 Å². The smallest absolute Gasteiger partial charge is 0.238 e. The van der Waals surface area contributed by atoms with Gasteiger partial charge in [0.25, 0.3) is 0 Å². The fourth-order valence-electron chi connectivity index (χ4n) is 4.16. The summed E-state index contributed by atoms with van der Waals surface area (Å²) < 4.78 is 13.7. The number of benzene rings is 2. The maximum absolute atomic E-state index is 13.7. The van der Waals surface area contributed by atoms with Gasteiger partial charge in [-0.1, -0.05) is 30.3 Å². The van der Waals surface area contributed by atoms with E-state index in [2.05, 4.69) is 46.4 Å². The molecule has 140 valence electrons. The summed E-state index contributed by atoms with van der Waals surface area (Å²) in [6, 6.07) is 14.7. The zero-order valence-electron chi connectivity index (χ0n) is 15.5. The minimum absolute atomic E-state index is 0.165. The van der Waals surface area contributed by atoms with Crippen LogP contribution in [-0.2, 0) is 4.79 Å². The van der Waals surface area contributed by atoms with Crippen LogP contribution in [0.2, 0.25) is 0 Å². The highest BCUT2D eigenvalue weighted by atomic mass is 19.1. The largest absolute Gasteiger partial charge is 0.358 e. The molecule has 1 fully saturated rings. The third kappa shape index (κ3) is 3.74. The molecule has 0 bridgehead atoms. The van der Waals surface area contributed by atoms with Crippen molar-refractivity contribution in [3.8, 4) is 0 Å². The van der Waals surface area contributed by atoms with Crippen molar-refractivity contribution in [2.24, 2.45) is 0 Å². The first kappa shape index (κ1) is 17.7. The Bertz CT molecular complexity index is 957. The van der Waals surface area contributed by atoms with Crippen molar-refractivity contribution in [1.29, 1.82) is 0 Å². The van der Waals surface area contributed by atoms with E-state index in [1.54, 1.807) is 18.2 Å². The van der Waals surface area contributed by atoms with Gasteiger partial charge in [-0.05, 0) is 62.5 Å². The highest BCUT2D eigenvalue weighted by molar-refractivity contribution is 5.92. The van der Waals surface area contributed by atoms with Crippen LogP contribution in [0.1, 0.15) is 30.0 Å². The van der Waals surface area contributed by atoms with E-state index < -0.39 is 5.82 Å². The summed E-state index contributed by atoms with van der Waals surface area (Å²) in [5, 5.41) is 3.98. The molecule has 4 nitrogen and oxygen atoms in total. The SMILES string of the molecule is Cc1[nH]c2ccccc2c1C1CCN(CC(=O)Nc2ccccc2F)CC1. The Hall–Kier alpha value is -2.66. The molecule has 3 aromatic rings. The number of hydrogen-bond acceptors (Lipinski definition) is 2. The predicted molar refractivity (Wildman–Crippen MR) is 106 cm³/mol. The molecule has 5 heteroatoms. The van der Waals surface area contributed by atoms with Gasteiger partial charge in [-0.2, -0.15) is 0 Å². The lowest BCUT2D eigenvalue weighted by Crippen LogP contribution is -2.38. The van der Waals surface area contributed by atoms with Crippen LogP contribution in [0.15, 0.2) is 48.5 Å². The van der Waals surface area contributed by atoms with Crippen molar-refractivity contribution >= 4 is 22.5 Å². The Morgan fingerprint density at radius 3 is 2.63 bits per heavy atom. The molecule has 0 atom stereocenters. The molecule has 0 unspecified atom stereocenters. The van der Waals surface area contributed by atoms with Crippen LogP contribution >= 0.6 is 0 Å². The molecular formula is C22H24FN3O. The van der Waals surface area contributed by atoms with Crippen molar-refractivity contribution in [3.05, 3.63) is 65.6 Å². The quantitative estimate of drug-likeness (QED) is 0.718. The summed E-state index contributed by atoms with van der Waals surface area (Å²) >= 11 is 0. The van der Waals surface area contributed by atoms with Gasteiger partial charge in [0, 0.05) is 16.6 Å². The molecule has 2 heterocycles. The number of para-hydroxylation sites is 2. The molecule has 4 rings (SSSR count). The van der Waals surface area contributed by atoms with E-state index in [1.807, 2.05) is 0 Å². The Kier molecular flexibility index (Phi) is 4.94. The summed E-state index contributed by atoms with van der Waals surface area (Å²) in [6.45, 7) is 4.18. The number of piperidine rings is 1. The molecule has 2 N–H and O–H groups in total. The van der Waals surface area contributed by atoms with Crippen LogP contribution in [-0.4, -0.2) is 35.4 Å². The first-order valence-electron chi connectivity index (χ1n) is 9.46. The van der Waals surface area contributed by atoms with E-state index in [-0.39, 0.29) is 11.6 Å². The van der Waals surface area contributed by atoms with Gasteiger partial charge in [0.05, 0.1) is 12.2 Å². The number of hydrogen-bond donors (Lipinski definition) is 2. The normalized spacial score (nSPS) is 15.9. The molecule has 0 radical (unpaired) electrons. The number of carbonyl (C=O) groups excluding carboxylic acids is 1. The maximum atomic E-state index is 13.7. The first-order chi connectivity index (χ1) is 13.1. The number of rotatable bonds is 4. The number of aromatic nitrogens is 1.